The Balaban J connectivity index is 1.65. The third-order valence-corrected chi connectivity index (χ3v) is 3.84. The summed E-state index contributed by atoms with van der Waals surface area (Å²) in [6, 6.07) is 8.20. The lowest BCUT2D eigenvalue weighted by atomic mass is 10.1. The zero-order chi connectivity index (χ0) is 14.9. The molecule has 21 heavy (non-hydrogen) atoms. The molecule has 1 unspecified atom stereocenters. The van der Waals surface area contributed by atoms with Crippen LogP contribution in [0.4, 0.5) is 0 Å². The molecule has 2 heterocycles. The summed E-state index contributed by atoms with van der Waals surface area (Å²) in [7, 11) is 0. The number of benzene rings is 1. The highest BCUT2D eigenvalue weighted by molar-refractivity contribution is 5.82. The molecule has 1 aromatic heterocycles. The third kappa shape index (κ3) is 3.12. The van der Waals surface area contributed by atoms with Crippen LogP contribution in [-0.2, 0) is 22.4 Å². The predicted molar refractivity (Wildman–Crippen MR) is 82.2 cm³/mol. The van der Waals surface area contributed by atoms with E-state index in [0.29, 0.717) is 6.61 Å². The number of ether oxygens (including phenoxy) is 2. The van der Waals surface area contributed by atoms with Crippen molar-refractivity contribution in [1.82, 2.24) is 5.32 Å². The fourth-order valence-corrected chi connectivity index (χ4v) is 2.85. The van der Waals surface area contributed by atoms with E-state index in [1.54, 1.807) is 0 Å². The van der Waals surface area contributed by atoms with Gasteiger partial charge in [0.15, 0.2) is 5.79 Å². The lowest BCUT2D eigenvalue weighted by molar-refractivity contribution is -0.137. The van der Waals surface area contributed by atoms with Crippen molar-refractivity contribution in [2.24, 2.45) is 0 Å². The van der Waals surface area contributed by atoms with Crippen LogP contribution in [0.2, 0.25) is 0 Å². The van der Waals surface area contributed by atoms with Gasteiger partial charge in [0.1, 0.15) is 11.3 Å². The standard InChI is InChI=1S/C17H23NO3/c1-4-15-14(13-7-5-6-8-16(13)20-15)10-18-9-12-11-19-17(2,3)21-12/h5-8,12,18H,4,9-11H2,1-3H3. The summed E-state index contributed by atoms with van der Waals surface area (Å²) in [5.74, 6) is 0.608. The maximum Gasteiger partial charge on any atom is 0.163 e. The van der Waals surface area contributed by atoms with Crippen LogP contribution in [0.25, 0.3) is 11.0 Å². The molecule has 4 nitrogen and oxygen atoms in total. The average Bonchev–Trinajstić information content (AvgIpc) is 2.99. The van der Waals surface area contributed by atoms with Gasteiger partial charge in [-0.3, -0.25) is 0 Å². The van der Waals surface area contributed by atoms with Gasteiger partial charge in [-0.25, -0.2) is 0 Å². The van der Waals surface area contributed by atoms with Crippen LogP contribution in [0.3, 0.4) is 0 Å². The van der Waals surface area contributed by atoms with Gasteiger partial charge in [0, 0.05) is 30.5 Å². The number of furan rings is 1. The van der Waals surface area contributed by atoms with Gasteiger partial charge in [0.05, 0.1) is 12.7 Å². The van der Waals surface area contributed by atoms with Gasteiger partial charge in [-0.15, -0.1) is 0 Å². The van der Waals surface area contributed by atoms with Crippen molar-refractivity contribution in [3.8, 4) is 0 Å². The van der Waals surface area contributed by atoms with Gasteiger partial charge in [-0.05, 0) is 19.9 Å². The highest BCUT2D eigenvalue weighted by Gasteiger charge is 2.32. The smallest absolute Gasteiger partial charge is 0.163 e. The zero-order valence-corrected chi connectivity index (χ0v) is 12.9. The number of hydrogen-bond donors (Lipinski definition) is 1. The highest BCUT2D eigenvalue weighted by Crippen LogP contribution is 2.26. The summed E-state index contributed by atoms with van der Waals surface area (Å²) in [6.07, 6.45) is 1.02. The Morgan fingerprint density at radius 1 is 1.29 bits per heavy atom. The molecule has 1 fully saturated rings. The number of para-hydroxylation sites is 1. The Labute approximate surface area is 125 Å². The molecule has 0 saturated carbocycles. The topological polar surface area (TPSA) is 43.6 Å². The Morgan fingerprint density at radius 3 is 2.81 bits per heavy atom. The quantitative estimate of drug-likeness (QED) is 0.917. The van der Waals surface area contributed by atoms with E-state index < -0.39 is 5.79 Å². The molecule has 2 aromatic rings. The monoisotopic (exact) mass is 289 g/mol. The maximum atomic E-state index is 5.91. The van der Waals surface area contributed by atoms with Crippen molar-refractivity contribution in [3.05, 3.63) is 35.6 Å². The molecule has 1 aliphatic heterocycles. The summed E-state index contributed by atoms with van der Waals surface area (Å²) < 4.78 is 17.3. The van der Waals surface area contributed by atoms with Gasteiger partial charge < -0.3 is 19.2 Å². The van der Waals surface area contributed by atoms with Crippen molar-refractivity contribution < 1.29 is 13.9 Å². The van der Waals surface area contributed by atoms with E-state index in [1.165, 1.54) is 10.9 Å². The normalized spacial score (nSPS) is 21.2. The number of hydrogen-bond acceptors (Lipinski definition) is 4. The van der Waals surface area contributed by atoms with Crippen LogP contribution in [0.5, 0.6) is 0 Å². The summed E-state index contributed by atoms with van der Waals surface area (Å²) in [5.41, 5.74) is 2.22. The molecule has 1 aliphatic rings. The van der Waals surface area contributed by atoms with E-state index in [9.17, 15) is 0 Å². The third-order valence-electron chi connectivity index (χ3n) is 3.84. The fourth-order valence-electron chi connectivity index (χ4n) is 2.85. The van der Waals surface area contributed by atoms with Crippen molar-refractivity contribution >= 4 is 11.0 Å². The van der Waals surface area contributed by atoms with Gasteiger partial charge in [-0.1, -0.05) is 25.1 Å². The van der Waals surface area contributed by atoms with Crippen LogP contribution in [0.1, 0.15) is 32.1 Å². The van der Waals surface area contributed by atoms with E-state index >= 15 is 0 Å². The molecule has 0 aliphatic carbocycles. The van der Waals surface area contributed by atoms with Crippen LogP contribution in [0, 0.1) is 0 Å². The first-order valence-corrected chi connectivity index (χ1v) is 7.61. The minimum Gasteiger partial charge on any atom is -0.461 e. The van der Waals surface area contributed by atoms with Crippen LogP contribution in [0.15, 0.2) is 28.7 Å². The Bertz CT molecular complexity index is 618. The maximum absolute atomic E-state index is 5.91. The first-order chi connectivity index (χ1) is 10.1. The minimum absolute atomic E-state index is 0.114. The van der Waals surface area contributed by atoms with Gasteiger partial charge >= 0.3 is 0 Å². The number of aryl methyl sites for hydroxylation is 1. The van der Waals surface area contributed by atoms with E-state index in [2.05, 4.69) is 24.4 Å². The van der Waals surface area contributed by atoms with Gasteiger partial charge in [-0.2, -0.15) is 0 Å². The van der Waals surface area contributed by atoms with Gasteiger partial charge in [0.2, 0.25) is 0 Å². The molecule has 1 aromatic carbocycles. The van der Waals surface area contributed by atoms with E-state index in [4.69, 9.17) is 13.9 Å². The summed E-state index contributed by atoms with van der Waals surface area (Å²) in [6.45, 7) is 8.24. The molecule has 114 valence electrons. The molecule has 1 atom stereocenters. The van der Waals surface area contributed by atoms with E-state index in [-0.39, 0.29) is 6.10 Å². The molecule has 0 bridgehead atoms. The second kappa shape index (κ2) is 5.79. The Hall–Kier alpha value is -1.36. The largest absolute Gasteiger partial charge is 0.461 e. The highest BCUT2D eigenvalue weighted by atomic mass is 16.7. The first-order valence-electron chi connectivity index (χ1n) is 7.61. The lowest BCUT2D eigenvalue weighted by Gasteiger charge is -2.17. The molecule has 0 spiro atoms. The predicted octanol–water partition coefficient (Wildman–Crippen LogP) is 3.24. The minimum atomic E-state index is -0.455. The van der Waals surface area contributed by atoms with Crippen molar-refractivity contribution in [2.45, 2.75) is 45.6 Å². The van der Waals surface area contributed by atoms with Gasteiger partial charge in [0.25, 0.3) is 0 Å². The second-order valence-corrected chi connectivity index (χ2v) is 5.94. The SMILES string of the molecule is CCc1oc2ccccc2c1CNCC1COC(C)(C)O1. The van der Waals surface area contributed by atoms with E-state index in [0.717, 1.165) is 30.9 Å². The van der Waals surface area contributed by atoms with Crippen molar-refractivity contribution in [3.63, 3.8) is 0 Å². The molecule has 1 saturated heterocycles. The van der Waals surface area contributed by atoms with Crippen LogP contribution < -0.4 is 5.32 Å². The molecule has 3 rings (SSSR count). The average molecular weight is 289 g/mol. The second-order valence-electron chi connectivity index (χ2n) is 5.94. The van der Waals surface area contributed by atoms with Crippen LogP contribution in [-0.4, -0.2) is 25.0 Å². The molecular weight excluding hydrogens is 266 g/mol. The fraction of sp³-hybridized carbons (Fsp3) is 0.529. The van der Waals surface area contributed by atoms with Crippen molar-refractivity contribution in [1.29, 1.82) is 0 Å². The lowest BCUT2D eigenvalue weighted by Crippen LogP contribution is -2.30. The first kappa shape index (κ1) is 14.6. The summed E-state index contributed by atoms with van der Waals surface area (Å²) >= 11 is 0. The molecular formula is C17H23NO3. The summed E-state index contributed by atoms with van der Waals surface area (Å²) in [5, 5.41) is 4.67. The number of fused-ring (bicyclic) bond motifs is 1. The molecule has 1 N–H and O–H groups in total. The molecule has 0 amide bonds. The zero-order valence-electron chi connectivity index (χ0n) is 12.9. The van der Waals surface area contributed by atoms with Crippen LogP contribution >= 0.6 is 0 Å². The van der Waals surface area contributed by atoms with E-state index in [1.807, 2.05) is 26.0 Å². The van der Waals surface area contributed by atoms with Crippen molar-refractivity contribution in [2.75, 3.05) is 13.2 Å². The number of nitrogens with one attached hydrogen (secondary N) is 1. The molecule has 0 radical (unpaired) electrons. The molecule has 4 heteroatoms. The number of rotatable bonds is 5. The summed E-state index contributed by atoms with van der Waals surface area (Å²) in [4.78, 5) is 0. The Morgan fingerprint density at radius 2 is 2.10 bits per heavy atom. The Kier molecular flexibility index (Phi) is 4.02.